The van der Waals surface area contributed by atoms with E-state index in [1.807, 2.05) is 0 Å². The van der Waals surface area contributed by atoms with Crippen LogP contribution in [0.4, 0.5) is 0 Å². The van der Waals surface area contributed by atoms with Gasteiger partial charge < -0.3 is 5.32 Å². The molecular weight excluding hydrogens is 198 g/mol. The Morgan fingerprint density at radius 2 is 2.00 bits per heavy atom. The summed E-state index contributed by atoms with van der Waals surface area (Å²) >= 11 is 5.79. The third kappa shape index (κ3) is 3.49. The summed E-state index contributed by atoms with van der Waals surface area (Å²) in [6.45, 7) is 4.82. The minimum atomic E-state index is 0.00974. The summed E-state index contributed by atoms with van der Waals surface area (Å²) in [5, 5.41) is 2.99. The van der Waals surface area contributed by atoms with Gasteiger partial charge in [-0.05, 0) is 18.3 Å². The van der Waals surface area contributed by atoms with E-state index in [1.54, 1.807) is 0 Å². The van der Waals surface area contributed by atoms with Crippen molar-refractivity contribution >= 4 is 17.5 Å². The molecule has 1 aliphatic carbocycles. The quantitative estimate of drug-likeness (QED) is 0.721. The van der Waals surface area contributed by atoms with Crippen LogP contribution in [0.2, 0.25) is 0 Å². The molecule has 1 rings (SSSR count). The van der Waals surface area contributed by atoms with E-state index in [2.05, 4.69) is 19.2 Å². The van der Waals surface area contributed by atoms with Crippen molar-refractivity contribution in [2.75, 3.05) is 12.4 Å². The molecule has 1 amide bonds. The third-order valence-electron chi connectivity index (χ3n) is 2.83. The first-order valence-electron chi connectivity index (χ1n) is 5.39. The lowest BCUT2D eigenvalue weighted by molar-refractivity contribution is -0.125. The van der Waals surface area contributed by atoms with Crippen LogP contribution in [-0.2, 0) is 4.79 Å². The van der Waals surface area contributed by atoms with Crippen LogP contribution in [0.5, 0.6) is 0 Å². The van der Waals surface area contributed by atoms with Crippen LogP contribution in [0, 0.1) is 11.3 Å². The molecule has 0 atom stereocenters. The van der Waals surface area contributed by atoms with E-state index in [1.165, 1.54) is 12.8 Å². The minimum Gasteiger partial charge on any atom is -0.355 e. The van der Waals surface area contributed by atoms with Crippen molar-refractivity contribution < 1.29 is 4.79 Å². The van der Waals surface area contributed by atoms with E-state index < -0.39 is 0 Å². The van der Waals surface area contributed by atoms with Gasteiger partial charge in [0.2, 0.25) is 5.91 Å². The molecular formula is C11H20ClNO. The first-order valence-corrected chi connectivity index (χ1v) is 5.92. The number of alkyl halides is 1. The van der Waals surface area contributed by atoms with Crippen molar-refractivity contribution in [1.82, 2.24) is 5.32 Å². The Balaban J connectivity index is 2.27. The molecule has 1 N–H and O–H groups in total. The molecule has 0 aliphatic heterocycles. The minimum absolute atomic E-state index is 0.00974. The summed E-state index contributed by atoms with van der Waals surface area (Å²) in [5.74, 6) is 1.07. The van der Waals surface area contributed by atoms with Gasteiger partial charge in [0.1, 0.15) is 0 Å². The molecule has 82 valence electrons. The van der Waals surface area contributed by atoms with E-state index in [4.69, 9.17) is 11.6 Å². The average molecular weight is 218 g/mol. The number of carbonyl (C=O) groups excluding carboxylic acids is 1. The molecule has 0 bridgehead atoms. The van der Waals surface area contributed by atoms with Crippen molar-refractivity contribution in [2.24, 2.45) is 11.3 Å². The Morgan fingerprint density at radius 3 is 2.50 bits per heavy atom. The fraction of sp³-hybridized carbons (Fsp3) is 0.909. The zero-order chi connectivity index (χ0) is 10.6. The molecule has 0 aromatic heterocycles. The molecule has 0 saturated heterocycles. The van der Waals surface area contributed by atoms with Crippen molar-refractivity contribution in [3.8, 4) is 0 Å². The molecule has 0 unspecified atom stereocenters. The smallest absolute Gasteiger partial charge is 0.223 e. The fourth-order valence-corrected chi connectivity index (χ4v) is 1.80. The predicted octanol–water partition coefficient (Wildman–Crippen LogP) is 2.56. The molecule has 1 aliphatic rings. The highest BCUT2D eigenvalue weighted by atomic mass is 35.5. The average Bonchev–Trinajstić information content (AvgIpc) is 2.67. The monoisotopic (exact) mass is 217 g/mol. The number of carbonyl (C=O) groups is 1. The highest BCUT2D eigenvalue weighted by Gasteiger charge is 2.24. The molecule has 0 aromatic carbocycles. The van der Waals surface area contributed by atoms with Gasteiger partial charge in [0.15, 0.2) is 0 Å². The van der Waals surface area contributed by atoms with Gasteiger partial charge in [-0.15, -0.1) is 11.6 Å². The van der Waals surface area contributed by atoms with Crippen LogP contribution in [0.25, 0.3) is 0 Å². The van der Waals surface area contributed by atoms with E-state index in [0.717, 1.165) is 12.8 Å². The molecule has 14 heavy (non-hydrogen) atoms. The fourth-order valence-electron chi connectivity index (χ4n) is 1.71. The van der Waals surface area contributed by atoms with Gasteiger partial charge >= 0.3 is 0 Å². The summed E-state index contributed by atoms with van der Waals surface area (Å²) in [5.41, 5.74) is 0.00974. The first kappa shape index (κ1) is 11.8. The van der Waals surface area contributed by atoms with Crippen molar-refractivity contribution in [3.05, 3.63) is 0 Å². The van der Waals surface area contributed by atoms with Gasteiger partial charge in [0.05, 0.1) is 0 Å². The number of rotatable bonds is 4. The van der Waals surface area contributed by atoms with Crippen LogP contribution in [0.1, 0.15) is 39.5 Å². The van der Waals surface area contributed by atoms with Crippen LogP contribution in [-0.4, -0.2) is 18.3 Å². The van der Waals surface area contributed by atoms with Crippen molar-refractivity contribution in [2.45, 2.75) is 39.5 Å². The summed E-state index contributed by atoms with van der Waals surface area (Å²) in [7, 11) is 0. The lowest BCUT2D eigenvalue weighted by Gasteiger charge is -2.22. The second kappa shape index (κ2) is 5.01. The Labute approximate surface area is 91.4 Å². The Bertz CT molecular complexity index is 197. The van der Waals surface area contributed by atoms with E-state index in [9.17, 15) is 4.79 Å². The van der Waals surface area contributed by atoms with Crippen LogP contribution >= 0.6 is 11.6 Å². The summed E-state index contributed by atoms with van der Waals surface area (Å²) < 4.78 is 0. The first-order chi connectivity index (χ1) is 6.55. The molecule has 0 radical (unpaired) electrons. The molecule has 1 fully saturated rings. The van der Waals surface area contributed by atoms with Gasteiger partial charge in [-0.2, -0.15) is 0 Å². The van der Waals surface area contributed by atoms with Crippen molar-refractivity contribution in [3.63, 3.8) is 0 Å². The zero-order valence-electron chi connectivity index (χ0n) is 9.11. The van der Waals surface area contributed by atoms with Crippen molar-refractivity contribution in [1.29, 1.82) is 0 Å². The lowest BCUT2D eigenvalue weighted by Crippen LogP contribution is -2.37. The molecule has 0 spiro atoms. The van der Waals surface area contributed by atoms with Gasteiger partial charge in [-0.1, -0.05) is 26.7 Å². The summed E-state index contributed by atoms with van der Waals surface area (Å²) in [6.07, 6.45) is 4.54. The number of nitrogens with one attached hydrogen (secondary N) is 1. The molecule has 2 nitrogen and oxygen atoms in total. The zero-order valence-corrected chi connectivity index (χ0v) is 9.86. The molecule has 0 heterocycles. The topological polar surface area (TPSA) is 29.1 Å². The Hall–Kier alpha value is -0.240. The summed E-state index contributed by atoms with van der Waals surface area (Å²) in [6, 6.07) is 0. The standard InChI is InChI=1S/C11H20ClNO/c1-11(2,7-12)8-13-10(14)9-5-3-4-6-9/h9H,3-8H2,1-2H3,(H,13,14). The maximum absolute atomic E-state index is 11.7. The highest BCUT2D eigenvalue weighted by molar-refractivity contribution is 6.18. The number of amides is 1. The van der Waals surface area contributed by atoms with Gasteiger partial charge in [0.25, 0.3) is 0 Å². The maximum Gasteiger partial charge on any atom is 0.223 e. The third-order valence-corrected chi connectivity index (χ3v) is 3.55. The number of hydrogen-bond acceptors (Lipinski definition) is 1. The van der Waals surface area contributed by atoms with E-state index in [0.29, 0.717) is 12.4 Å². The van der Waals surface area contributed by atoms with E-state index in [-0.39, 0.29) is 17.2 Å². The second-order valence-corrected chi connectivity index (χ2v) is 5.26. The number of halogens is 1. The molecule has 0 aromatic rings. The number of hydrogen-bond donors (Lipinski definition) is 1. The normalized spacial score (nSPS) is 18.5. The SMILES string of the molecule is CC(C)(CCl)CNC(=O)C1CCCC1. The molecule has 1 saturated carbocycles. The van der Waals surface area contributed by atoms with Crippen LogP contribution < -0.4 is 5.32 Å². The highest BCUT2D eigenvalue weighted by Crippen LogP contribution is 2.25. The molecule has 3 heteroatoms. The Kier molecular flexibility index (Phi) is 4.24. The van der Waals surface area contributed by atoms with E-state index >= 15 is 0 Å². The summed E-state index contributed by atoms with van der Waals surface area (Å²) in [4.78, 5) is 11.7. The maximum atomic E-state index is 11.7. The van der Waals surface area contributed by atoms with Gasteiger partial charge in [-0.3, -0.25) is 4.79 Å². The second-order valence-electron chi connectivity index (χ2n) is 5.00. The van der Waals surface area contributed by atoms with Gasteiger partial charge in [-0.25, -0.2) is 0 Å². The largest absolute Gasteiger partial charge is 0.355 e. The lowest BCUT2D eigenvalue weighted by atomic mass is 9.96. The predicted molar refractivity (Wildman–Crippen MR) is 59.5 cm³/mol. The van der Waals surface area contributed by atoms with Gasteiger partial charge in [0, 0.05) is 18.3 Å². The van der Waals surface area contributed by atoms with Crippen LogP contribution in [0.3, 0.4) is 0 Å². The Morgan fingerprint density at radius 1 is 1.43 bits per heavy atom. The van der Waals surface area contributed by atoms with Crippen LogP contribution in [0.15, 0.2) is 0 Å².